The number of pyridine rings is 2. The van der Waals surface area contributed by atoms with Crippen LogP contribution in [0.4, 0.5) is 4.39 Å². The molecule has 0 saturated carbocycles. The maximum absolute atomic E-state index is 14.3. The standard InChI is InChI=1S/C23H22FN3O4/c1-10-5-13-12(4-3-11(2)25)15-8-27-19(20(15)26-18(13)7-17(10)24)6-14-16(22(27)29)9-31-23(30)21(14)28/h5-7,11,21,28H,3-4,8-9,25H2,1-2H3/t11-,21+/m1/s1. The molecular weight excluding hydrogens is 401 g/mol. The summed E-state index contributed by atoms with van der Waals surface area (Å²) >= 11 is 0. The van der Waals surface area contributed by atoms with E-state index in [-0.39, 0.29) is 35.2 Å². The number of hydrogen-bond acceptors (Lipinski definition) is 6. The predicted molar refractivity (Wildman–Crippen MR) is 112 cm³/mol. The molecule has 0 amide bonds. The van der Waals surface area contributed by atoms with Crippen LogP contribution < -0.4 is 11.3 Å². The summed E-state index contributed by atoms with van der Waals surface area (Å²) in [6.45, 7) is 3.79. The number of rotatable bonds is 3. The lowest BCUT2D eigenvalue weighted by Crippen LogP contribution is -2.32. The number of carbonyl (C=O) groups is 1. The summed E-state index contributed by atoms with van der Waals surface area (Å²) in [5.41, 5.74) is 10.2. The number of carbonyl (C=O) groups excluding carboxylic acids is 1. The molecule has 0 spiro atoms. The van der Waals surface area contributed by atoms with E-state index in [1.807, 2.05) is 6.92 Å². The molecule has 3 N–H and O–H groups in total. The van der Waals surface area contributed by atoms with Crippen molar-refractivity contribution in [2.75, 3.05) is 0 Å². The zero-order chi connectivity index (χ0) is 22.0. The van der Waals surface area contributed by atoms with Gasteiger partial charge in [0.1, 0.15) is 12.4 Å². The highest BCUT2D eigenvalue weighted by molar-refractivity contribution is 5.89. The minimum atomic E-state index is -1.51. The van der Waals surface area contributed by atoms with Crippen molar-refractivity contribution in [2.45, 2.75) is 52.0 Å². The van der Waals surface area contributed by atoms with Crippen molar-refractivity contribution < 1.29 is 19.0 Å². The molecular formula is C23H22FN3O4. The number of aliphatic hydroxyl groups is 1. The molecule has 2 aromatic heterocycles. The summed E-state index contributed by atoms with van der Waals surface area (Å²) in [5, 5.41) is 11.1. The minimum absolute atomic E-state index is 0.0162. The molecule has 0 fully saturated rings. The van der Waals surface area contributed by atoms with Crippen LogP contribution in [0.1, 0.15) is 47.3 Å². The summed E-state index contributed by atoms with van der Waals surface area (Å²) in [6, 6.07) is 4.82. The molecule has 0 bridgehead atoms. The zero-order valence-electron chi connectivity index (χ0n) is 17.2. The van der Waals surface area contributed by atoms with Crippen molar-refractivity contribution in [3.05, 3.63) is 62.2 Å². The van der Waals surface area contributed by atoms with Gasteiger partial charge in [-0.3, -0.25) is 4.79 Å². The number of benzene rings is 1. The third kappa shape index (κ3) is 2.97. The second kappa shape index (κ2) is 6.96. The quantitative estimate of drug-likeness (QED) is 0.490. The fourth-order valence-electron chi connectivity index (χ4n) is 4.50. The fourth-order valence-corrected chi connectivity index (χ4v) is 4.50. The average molecular weight is 423 g/mol. The van der Waals surface area contributed by atoms with Crippen molar-refractivity contribution in [1.82, 2.24) is 9.55 Å². The fraction of sp³-hybridized carbons (Fsp3) is 0.348. The second-order valence-electron chi connectivity index (χ2n) is 8.42. The number of nitrogens with two attached hydrogens (primary N) is 1. The van der Waals surface area contributed by atoms with Crippen LogP contribution in [0.15, 0.2) is 23.0 Å². The summed E-state index contributed by atoms with van der Waals surface area (Å²) < 4.78 is 20.8. The first kappa shape index (κ1) is 19.8. The Labute approximate surface area is 177 Å². The smallest absolute Gasteiger partial charge is 0.340 e. The lowest BCUT2D eigenvalue weighted by Gasteiger charge is -2.21. The van der Waals surface area contributed by atoms with Crippen molar-refractivity contribution in [3.63, 3.8) is 0 Å². The molecule has 7 nitrogen and oxygen atoms in total. The number of aliphatic hydroxyl groups excluding tert-OH is 1. The summed E-state index contributed by atoms with van der Waals surface area (Å²) in [7, 11) is 0. The number of halogens is 1. The normalized spacial score (nSPS) is 17.8. The van der Waals surface area contributed by atoms with Gasteiger partial charge >= 0.3 is 5.97 Å². The molecule has 8 heteroatoms. The SMILES string of the molecule is Cc1cc2c(CC[C@@H](C)N)c3c(nc2cc1F)-c1cc2c(c(=O)n1C3)COC(=O)[C@H]2O. The average Bonchev–Trinajstić information content (AvgIpc) is 3.08. The van der Waals surface area contributed by atoms with Crippen molar-refractivity contribution >= 4 is 16.9 Å². The van der Waals surface area contributed by atoms with Crippen LogP contribution in [-0.2, 0) is 29.1 Å². The summed E-state index contributed by atoms with van der Waals surface area (Å²) in [6.07, 6.45) is -0.119. The number of hydrogen-bond donors (Lipinski definition) is 2. The molecule has 160 valence electrons. The Morgan fingerprint density at radius 1 is 1.32 bits per heavy atom. The largest absolute Gasteiger partial charge is 0.458 e. The molecule has 0 radical (unpaired) electrons. The molecule has 2 atom stereocenters. The highest BCUT2D eigenvalue weighted by Crippen LogP contribution is 2.38. The van der Waals surface area contributed by atoms with E-state index in [4.69, 9.17) is 15.5 Å². The molecule has 3 aromatic rings. The van der Waals surface area contributed by atoms with E-state index in [0.717, 1.165) is 22.9 Å². The Morgan fingerprint density at radius 2 is 2.10 bits per heavy atom. The van der Waals surface area contributed by atoms with E-state index < -0.39 is 12.1 Å². The Kier molecular flexibility index (Phi) is 4.46. The van der Waals surface area contributed by atoms with Crippen molar-refractivity contribution in [3.8, 4) is 11.4 Å². The Morgan fingerprint density at radius 3 is 2.84 bits per heavy atom. The monoisotopic (exact) mass is 423 g/mol. The van der Waals surface area contributed by atoms with Gasteiger partial charge in [0.25, 0.3) is 5.56 Å². The molecule has 4 heterocycles. The molecule has 0 saturated heterocycles. The van der Waals surface area contributed by atoms with Crippen LogP contribution >= 0.6 is 0 Å². The van der Waals surface area contributed by atoms with Crippen LogP contribution in [0.25, 0.3) is 22.3 Å². The Balaban J connectivity index is 1.78. The van der Waals surface area contributed by atoms with Crippen LogP contribution in [-0.4, -0.2) is 26.7 Å². The van der Waals surface area contributed by atoms with Gasteiger partial charge in [-0.1, -0.05) is 0 Å². The van der Waals surface area contributed by atoms with Crippen LogP contribution in [0.5, 0.6) is 0 Å². The van der Waals surface area contributed by atoms with Crippen LogP contribution in [0, 0.1) is 12.7 Å². The maximum Gasteiger partial charge on any atom is 0.340 e. The first-order chi connectivity index (χ1) is 14.8. The van der Waals surface area contributed by atoms with Gasteiger partial charge in [-0.15, -0.1) is 0 Å². The molecule has 2 aliphatic rings. The molecule has 31 heavy (non-hydrogen) atoms. The number of cyclic esters (lactones) is 1. The van der Waals surface area contributed by atoms with E-state index in [9.17, 15) is 19.1 Å². The van der Waals surface area contributed by atoms with Crippen molar-refractivity contribution in [2.24, 2.45) is 5.73 Å². The van der Waals surface area contributed by atoms with Gasteiger partial charge < -0.3 is 20.1 Å². The number of ether oxygens (including phenoxy) is 1. The number of nitrogens with zero attached hydrogens (tertiary/aromatic N) is 2. The molecule has 5 rings (SSSR count). The van der Waals surface area contributed by atoms with Gasteiger partial charge in [0.15, 0.2) is 6.10 Å². The predicted octanol–water partition coefficient (Wildman–Crippen LogP) is 2.24. The minimum Gasteiger partial charge on any atom is -0.458 e. The zero-order valence-corrected chi connectivity index (χ0v) is 17.2. The Bertz CT molecular complexity index is 1330. The maximum atomic E-state index is 14.3. The number of aromatic nitrogens is 2. The third-order valence-corrected chi connectivity index (χ3v) is 6.20. The molecule has 2 aliphatic heterocycles. The van der Waals surface area contributed by atoms with E-state index in [0.29, 0.717) is 35.4 Å². The van der Waals surface area contributed by atoms with Gasteiger partial charge in [-0.25, -0.2) is 14.2 Å². The molecule has 1 aromatic carbocycles. The Hall–Kier alpha value is -3.10. The number of esters is 1. The third-order valence-electron chi connectivity index (χ3n) is 6.20. The lowest BCUT2D eigenvalue weighted by atomic mass is 9.94. The van der Waals surface area contributed by atoms with E-state index in [1.165, 1.54) is 6.07 Å². The van der Waals surface area contributed by atoms with E-state index >= 15 is 0 Å². The number of aryl methyl sites for hydroxylation is 2. The van der Waals surface area contributed by atoms with Gasteiger partial charge in [0.2, 0.25) is 0 Å². The lowest BCUT2D eigenvalue weighted by molar-refractivity contribution is -0.157. The van der Waals surface area contributed by atoms with E-state index in [2.05, 4.69) is 0 Å². The van der Waals surface area contributed by atoms with Gasteiger partial charge in [-0.05, 0) is 49.9 Å². The topological polar surface area (TPSA) is 107 Å². The second-order valence-corrected chi connectivity index (χ2v) is 8.42. The van der Waals surface area contributed by atoms with E-state index in [1.54, 1.807) is 23.6 Å². The molecule has 0 unspecified atom stereocenters. The summed E-state index contributed by atoms with van der Waals surface area (Å²) in [5.74, 6) is -1.13. The molecule has 0 aliphatic carbocycles. The van der Waals surface area contributed by atoms with Crippen molar-refractivity contribution in [1.29, 1.82) is 0 Å². The highest BCUT2D eigenvalue weighted by atomic mass is 19.1. The first-order valence-corrected chi connectivity index (χ1v) is 10.2. The van der Waals surface area contributed by atoms with Crippen LogP contribution in [0.3, 0.4) is 0 Å². The number of fused-ring (bicyclic) bond motifs is 5. The van der Waals surface area contributed by atoms with Gasteiger partial charge in [-0.2, -0.15) is 0 Å². The first-order valence-electron chi connectivity index (χ1n) is 10.2. The summed E-state index contributed by atoms with van der Waals surface area (Å²) in [4.78, 5) is 29.7. The van der Waals surface area contributed by atoms with Gasteiger partial charge in [0, 0.05) is 28.6 Å². The van der Waals surface area contributed by atoms with Gasteiger partial charge in [0.05, 0.1) is 29.0 Å². The highest BCUT2D eigenvalue weighted by Gasteiger charge is 2.34. The van der Waals surface area contributed by atoms with Crippen LogP contribution in [0.2, 0.25) is 0 Å².